The average molecular weight is 261 g/mol. The van der Waals surface area contributed by atoms with E-state index in [2.05, 4.69) is 9.71 Å². The van der Waals surface area contributed by atoms with Gasteiger partial charge >= 0.3 is 5.97 Å². The van der Waals surface area contributed by atoms with Crippen LogP contribution in [0.15, 0.2) is 17.6 Å². The van der Waals surface area contributed by atoms with Crippen molar-refractivity contribution in [2.45, 2.75) is 30.8 Å². The molecule has 96 valence electrons. The zero-order chi connectivity index (χ0) is 13.1. The highest BCUT2D eigenvalue weighted by atomic mass is 32.2. The molecule has 0 radical (unpaired) electrons. The third-order valence-electron chi connectivity index (χ3n) is 2.13. The molecular weight excluding hydrogens is 246 g/mol. The zero-order valence-electron chi connectivity index (χ0n) is 9.62. The van der Waals surface area contributed by atoms with E-state index in [1.54, 1.807) is 14.0 Å². The molecule has 0 amide bonds. The molecule has 7 nitrogen and oxygen atoms in total. The first-order chi connectivity index (χ1) is 7.86. The van der Waals surface area contributed by atoms with Crippen LogP contribution in [0, 0.1) is 0 Å². The lowest BCUT2D eigenvalue weighted by molar-refractivity contribution is -0.139. The number of imidazole rings is 1. The Morgan fingerprint density at radius 1 is 1.65 bits per heavy atom. The summed E-state index contributed by atoms with van der Waals surface area (Å²) in [7, 11) is -2.24. The third-order valence-corrected chi connectivity index (χ3v) is 3.49. The van der Waals surface area contributed by atoms with Crippen LogP contribution in [0.4, 0.5) is 0 Å². The molecular formula is C9H15N3O4S. The zero-order valence-corrected chi connectivity index (χ0v) is 10.4. The molecule has 8 heteroatoms. The van der Waals surface area contributed by atoms with Gasteiger partial charge in [0.2, 0.25) is 0 Å². The van der Waals surface area contributed by atoms with E-state index < -0.39 is 22.0 Å². The number of aryl methyl sites for hydroxylation is 1. The first-order valence-electron chi connectivity index (χ1n) is 5.10. The van der Waals surface area contributed by atoms with Crippen LogP contribution in [0.25, 0.3) is 0 Å². The molecule has 0 aliphatic heterocycles. The van der Waals surface area contributed by atoms with Gasteiger partial charge in [-0.25, -0.2) is 13.4 Å². The molecule has 1 aromatic heterocycles. The predicted octanol–water partition coefficient (Wildman–Crippen LogP) is -0.0483. The minimum Gasteiger partial charge on any atom is -0.480 e. The fourth-order valence-electron chi connectivity index (χ4n) is 1.30. The van der Waals surface area contributed by atoms with E-state index >= 15 is 0 Å². The topological polar surface area (TPSA) is 101 Å². The van der Waals surface area contributed by atoms with Crippen molar-refractivity contribution in [2.75, 3.05) is 0 Å². The first kappa shape index (κ1) is 13.7. The van der Waals surface area contributed by atoms with Crippen molar-refractivity contribution in [3.05, 3.63) is 12.5 Å². The highest BCUT2D eigenvalue weighted by Gasteiger charge is 2.25. The molecule has 1 atom stereocenters. The van der Waals surface area contributed by atoms with Crippen LogP contribution in [-0.2, 0) is 21.9 Å². The van der Waals surface area contributed by atoms with Gasteiger partial charge in [0.05, 0.1) is 6.33 Å². The van der Waals surface area contributed by atoms with Crippen molar-refractivity contribution in [1.29, 1.82) is 0 Å². The molecule has 0 aliphatic carbocycles. The van der Waals surface area contributed by atoms with E-state index in [1.165, 1.54) is 17.1 Å². The monoisotopic (exact) mass is 261 g/mol. The molecule has 0 spiro atoms. The van der Waals surface area contributed by atoms with Crippen LogP contribution in [-0.4, -0.2) is 35.1 Å². The largest absolute Gasteiger partial charge is 0.480 e. The minimum absolute atomic E-state index is 0.178. The fraction of sp³-hybridized carbons (Fsp3) is 0.556. The minimum atomic E-state index is -3.87. The molecule has 17 heavy (non-hydrogen) atoms. The normalized spacial score (nSPS) is 13.5. The van der Waals surface area contributed by atoms with Crippen LogP contribution >= 0.6 is 0 Å². The van der Waals surface area contributed by atoms with Crippen LogP contribution in [0.1, 0.15) is 19.8 Å². The quantitative estimate of drug-likeness (QED) is 0.747. The number of carboxylic acid groups (broad SMARTS) is 1. The Bertz CT molecular complexity index is 494. The molecule has 0 bridgehead atoms. The Balaban J connectivity index is 2.88. The van der Waals surface area contributed by atoms with E-state index in [9.17, 15) is 13.2 Å². The molecule has 1 rings (SSSR count). The lowest BCUT2D eigenvalue weighted by atomic mass is 10.2. The van der Waals surface area contributed by atoms with Crippen molar-refractivity contribution < 1.29 is 18.3 Å². The number of rotatable bonds is 6. The average Bonchev–Trinajstić information content (AvgIpc) is 2.64. The molecule has 0 saturated heterocycles. The third kappa shape index (κ3) is 3.53. The van der Waals surface area contributed by atoms with Gasteiger partial charge in [0, 0.05) is 13.2 Å². The van der Waals surface area contributed by atoms with Crippen LogP contribution in [0.2, 0.25) is 0 Å². The highest BCUT2D eigenvalue weighted by molar-refractivity contribution is 7.89. The smallest absolute Gasteiger partial charge is 0.321 e. The lowest BCUT2D eigenvalue weighted by Crippen LogP contribution is -2.40. The van der Waals surface area contributed by atoms with Gasteiger partial charge in [-0.1, -0.05) is 13.3 Å². The standard InChI is InChI=1S/C9H15N3O4S/c1-3-4-7(9(13)14)11-17(15,16)8-5-12(2)6-10-8/h5-7,11H,3-4H2,1-2H3,(H,13,14)/t7-/m1/s1. The Labute approximate surface area is 99.5 Å². The molecule has 2 N–H and O–H groups in total. The van der Waals surface area contributed by atoms with Gasteiger partial charge in [-0.2, -0.15) is 4.72 Å². The van der Waals surface area contributed by atoms with Crippen molar-refractivity contribution in [3.63, 3.8) is 0 Å². The van der Waals surface area contributed by atoms with E-state index in [-0.39, 0.29) is 11.4 Å². The Kier molecular flexibility index (Phi) is 4.24. The van der Waals surface area contributed by atoms with Crippen molar-refractivity contribution in [2.24, 2.45) is 7.05 Å². The van der Waals surface area contributed by atoms with Gasteiger partial charge in [0.1, 0.15) is 6.04 Å². The summed E-state index contributed by atoms with van der Waals surface area (Å²) in [6.45, 7) is 1.78. The van der Waals surface area contributed by atoms with E-state index in [1.807, 2.05) is 0 Å². The predicted molar refractivity (Wildman–Crippen MR) is 59.9 cm³/mol. The van der Waals surface area contributed by atoms with Gasteiger partial charge in [0.15, 0.2) is 5.03 Å². The van der Waals surface area contributed by atoms with Gasteiger partial charge in [-0.15, -0.1) is 0 Å². The summed E-state index contributed by atoms with van der Waals surface area (Å²) < 4.78 is 27.2. The fourth-order valence-corrected chi connectivity index (χ4v) is 2.50. The first-order valence-corrected chi connectivity index (χ1v) is 6.58. The van der Waals surface area contributed by atoms with Crippen LogP contribution in [0.5, 0.6) is 0 Å². The Hall–Kier alpha value is -1.41. The van der Waals surface area contributed by atoms with Gasteiger partial charge in [-0.05, 0) is 6.42 Å². The maximum atomic E-state index is 11.8. The number of aliphatic carboxylic acids is 1. The Morgan fingerprint density at radius 3 is 2.71 bits per heavy atom. The molecule has 0 unspecified atom stereocenters. The number of sulfonamides is 1. The number of hydrogen-bond donors (Lipinski definition) is 2. The number of nitrogens with zero attached hydrogens (tertiary/aromatic N) is 2. The lowest BCUT2D eigenvalue weighted by Gasteiger charge is -2.12. The van der Waals surface area contributed by atoms with Gasteiger partial charge < -0.3 is 9.67 Å². The van der Waals surface area contributed by atoms with Crippen molar-refractivity contribution >= 4 is 16.0 Å². The highest BCUT2D eigenvalue weighted by Crippen LogP contribution is 2.07. The number of hydrogen-bond acceptors (Lipinski definition) is 4. The molecule has 0 fully saturated rings. The van der Waals surface area contributed by atoms with Crippen molar-refractivity contribution in [1.82, 2.24) is 14.3 Å². The maximum absolute atomic E-state index is 11.8. The Morgan fingerprint density at radius 2 is 2.29 bits per heavy atom. The summed E-state index contributed by atoms with van der Waals surface area (Å²) >= 11 is 0. The summed E-state index contributed by atoms with van der Waals surface area (Å²) in [6.07, 6.45) is 3.46. The van der Waals surface area contributed by atoms with E-state index in [0.29, 0.717) is 6.42 Å². The van der Waals surface area contributed by atoms with Crippen LogP contribution < -0.4 is 4.72 Å². The van der Waals surface area contributed by atoms with E-state index in [4.69, 9.17) is 5.11 Å². The summed E-state index contributed by atoms with van der Waals surface area (Å²) in [4.78, 5) is 14.5. The number of aromatic nitrogens is 2. The summed E-state index contributed by atoms with van der Waals surface area (Å²) in [5.74, 6) is -1.19. The van der Waals surface area contributed by atoms with E-state index in [0.717, 1.165) is 0 Å². The second-order valence-electron chi connectivity index (χ2n) is 3.68. The second-order valence-corrected chi connectivity index (χ2v) is 5.34. The summed E-state index contributed by atoms with van der Waals surface area (Å²) in [5.41, 5.74) is 0. The molecule has 0 aromatic carbocycles. The second kappa shape index (κ2) is 5.28. The molecule has 0 aliphatic rings. The number of carbonyl (C=O) groups is 1. The van der Waals surface area contributed by atoms with Gasteiger partial charge in [-0.3, -0.25) is 4.79 Å². The molecule has 1 aromatic rings. The number of nitrogens with one attached hydrogen (secondary N) is 1. The molecule has 0 saturated carbocycles. The maximum Gasteiger partial charge on any atom is 0.321 e. The summed E-state index contributed by atoms with van der Waals surface area (Å²) in [6, 6.07) is -1.12. The summed E-state index contributed by atoms with van der Waals surface area (Å²) in [5, 5.41) is 8.69. The van der Waals surface area contributed by atoms with Crippen LogP contribution in [0.3, 0.4) is 0 Å². The number of carboxylic acids is 1. The SMILES string of the molecule is CCC[C@@H](NS(=O)(=O)c1cn(C)cn1)C(=O)O. The van der Waals surface area contributed by atoms with Crippen molar-refractivity contribution in [3.8, 4) is 0 Å². The molecule has 1 heterocycles. The van der Waals surface area contributed by atoms with Gasteiger partial charge in [0.25, 0.3) is 10.0 Å².